The first kappa shape index (κ1) is 12.3. The van der Waals surface area contributed by atoms with Crippen molar-refractivity contribution in [2.75, 3.05) is 0 Å². The fourth-order valence-electron chi connectivity index (χ4n) is 2.19. The molecule has 100 valence electrons. The minimum Gasteiger partial charge on any atom is -0.478 e. The summed E-state index contributed by atoms with van der Waals surface area (Å²) in [6.45, 7) is 1.92. The number of aromatic carboxylic acids is 1. The molecule has 0 unspecified atom stereocenters. The van der Waals surface area contributed by atoms with Crippen LogP contribution in [0.25, 0.3) is 16.5 Å². The Bertz CT molecular complexity index is 795. The summed E-state index contributed by atoms with van der Waals surface area (Å²) in [6, 6.07) is 11.0. The summed E-state index contributed by atoms with van der Waals surface area (Å²) in [6.07, 6.45) is 0.624. The Balaban J connectivity index is 2.33. The van der Waals surface area contributed by atoms with Gasteiger partial charge in [0.1, 0.15) is 0 Å². The van der Waals surface area contributed by atoms with Crippen molar-refractivity contribution in [1.29, 1.82) is 0 Å². The van der Waals surface area contributed by atoms with E-state index in [1.165, 1.54) is 4.68 Å². The van der Waals surface area contributed by atoms with E-state index in [4.69, 9.17) is 0 Å². The third-order valence-electron chi connectivity index (χ3n) is 3.17. The second-order valence-electron chi connectivity index (χ2n) is 4.38. The molecule has 3 aromatic rings. The Morgan fingerprint density at radius 3 is 2.60 bits per heavy atom. The second-order valence-corrected chi connectivity index (χ2v) is 4.38. The number of benzene rings is 2. The van der Waals surface area contributed by atoms with Crippen LogP contribution in [0, 0.1) is 0 Å². The number of hydrogen-bond donors (Lipinski definition) is 1. The third kappa shape index (κ3) is 1.91. The van der Waals surface area contributed by atoms with Gasteiger partial charge in [-0.05, 0) is 33.3 Å². The van der Waals surface area contributed by atoms with E-state index in [9.17, 15) is 9.90 Å². The highest BCUT2D eigenvalue weighted by Gasteiger charge is 2.16. The highest BCUT2D eigenvalue weighted by atomic mass is 16.4. The normalized spacial score (nSPS) is 10.8. The molecule has 0 radical (unpaired) electrons. The Kier molecular flexibility index (Phi) is 2.90. The standard InChI is InChI=1S/C14H12N4O2/c1-2-13-15-16-17-18(13)12-8-10-6-4-3-5-9(10)7-11(12)14(19)20/h3-8H,2H2,1H3,(H,19,20). The molecule has 0 amide bonds. The van der Waals surface area contributed by atoms with Crippen molar-refractivity contribution < 1.29 is 9.90 Å². The number of aromatic nitrogens is 4. The largest absolute Gasteiger partial charge is 0.478 e. The molecule has 1 heterocycles. The Hall–Kier alpha value is -2.76. The quantitative estimate of drug-likeness (QED) is 0.786. The van der Waals surface area contributed by atoms with Crippen LogP contribution >= 0.6 is 0 Å². The molecule has 0 fully saturated rings. The predicted octanol–water partition coefficient (Wildman–Crippen LogP) is 2.08. The smallest absolute Gasteiger partial charge is 0.337 e. The van der Waals surface area contributed by atoms with E-state index < -0.39 is 5.97 Å². The number of carboxylic acids is 1. The molecule has 0 spiro atoms. The molecule has 0 atom stereocenters. The van der Waals surface area contributed by atoms with Crippen LogP contribution < -0.4 is 0 Å². The first-order valence-electron chi connectivity index (χ1n) is 6.24. The molecule has 0 aliphatic rings. The zero-order valence-corrected chi connectivity index (χ0v) is 10.8. The number of tetrazole rings is 1. The van der Waals surface area contributed by atoms with E-state index in [0.717, 1.165) is 10.8 Å². The van der Waals surface area contributed by atoms with Crippen molar-refractivity contribution >= 4 is 16.7 Å². The number of nitrogens with zero attached hydrogens (tertiary/aromatic N) is 4. The van der Waals surface area contributed by atoms with Crippen molar-refractivity contribution in [3.63, 3.8) is 0 Å². The molecule has 1 N–H and O–H groups in total. The summed E-state index contributed by atoms with van der Waals surface area (Å²) in [4.78, 5) is 11.5. The van der Waals surface area contributed by atoms with Crippen LogP contribution in [0.5, 0.6) is 0 Å². The lowest BCUT2D eigenvalue weighted by molar-refractivity contribution is 0.0697. The maximum absolute atomic E-state index is 11.5. The molecule has 3 rings (SSSR count). The molecule has 1 aromatic heterocycles. The van der Waals surface area contributed by atoms with Crippen molar-refractivity contribution in [3.8, 4) is 5.69 Å². The summed E-state index contributed by atoms with van der Waals surface area (Å²) in [5.74, 6) is -0.369. The summed E-state index contributed by atoms with van der Waals surface area (Å²) in [5, 5.41) is 22.6. The van der Waals surface area contributed by atoms with E-state index in [1.54, 1.807) is 12.1 Å². The van der Waals surface area contributed by atoms with E-state index in [0.29, 0.717) is 17.9 Å². The molecule has 6 heteroatoms. The van der Waals surface area contributed by atoms with E-state index >= 15 is 0 Å². The molecule has 0 saturated heterocycles. The summed E-state index contributed by atoms with van der Waals surface area (Å²) < 4.78 is 1.48. The lowest BCUT2D eigenvalue weighted by atomic mass is 10.0. The molecular weight excluding hydrogens is 256 g/mol. The summed E-state index contributed by atoms with van der Waals surface area (Å²) in [5.41, 5.74) is 0.670. The van der Waals surface area contributed by atoms with Crippen molar-refractivity contribution in [2.24, 2.45) is 0 Å². The third-order valence-corrected chi connectivity index (χ3v) is 3.17. The zero-order chi connectivity index (χ0) is 14.1. The average molecular weight is 268 g/mol. The topological polar surface area (TPSA) is 80.9 Å². The van der Waals surface area contributed by atoms with Crippen LogP contribution in [0.4, 0.5) is 0 Å². The van der Waals surface area contributed by atoms with Crippen LogP contribution in [-0.2, 0) is 6.42 Å². The van der Waals surface area contributed by atoms with Gasteiger partial charge in [-0.25, -0.2) is 4.79 Å². The average Bonchev–Trinajstić information content (AvgIpc) is 2.94. The number of carboxylic acid groups (broad SMARTS) is 1. The molecule has 0 aliphatic carbocycles. The van der Waals surface area contributed by atoms with Crippen LogP contribution in [0.3, 0.4) is 0 Å². The van der Waals surface area contributed by atoms with Gasteiger partial charge in [0.2, 0.25) is 0 Å². The molecule has 2 aromatic carbocycles. The minimum absolute atomic E-state index is 0.186. The number of carbonyl (C=O) groups is 1. The van der Waals surface area contributed by atoms with Gasteiger partial charge in [0, 0.05) is 6.42 Å². The molecule has 0 saturated carbocycles. The Morgan fingerprint density at radius 2 is 1.95 bits per heavy atom. The number of aryl methyl sites for hydroxylation is 1. The van der Waals surface area contributed by atoms with Crippen molar-refractivity contribution in [3.05, 3.63) is 47.8 Å². The second kappa shape index (κ2) is 4.73. The van der Waals surface area contributed by atoms with Crippen LogP contribution in [0.15, 0.2) is 36.4 Å². The van der Waals surface area contributed by atoms with Gasteiger partial charge < -0.3 is 5.11 Å². The molecule has 0 aliphatic heterocycles. The van der Waals surface area contributed by atoms with E-state index in [1.807, 2.05) is 31.2 Å². The van der Waals surface area contributed by atoms with Gasteiger partial charge in [-0.1, -0.05) is 31.2 Å². The van der Waals surface area contributed by atoms with Gasteiger partial charge >= 0.3 is 5.97 Å². The zero-order valence-electron chi connectivity index (χ0n) is 10.8. The van der Waals surface area contributed by atoms with Gasteiger partial charge in [0.15, 0.2) is 5.82 Å². The maximum atomic E-state index is 11.5. The Labute approximate surface area is 114 Å². The molecule has 20 heavy (non-hydrogen) atoms. The summed E-state index contributed by atoms with van der Waals surface area (Å²) in [7, 11) is 0. The van der Waals surface area contributed by atoms with Gasteiger partial charge in [-0.3, -0.25) is 0 Å². The van der Waals surface area contributed by atoms with Crippen LogP contribution in [0.1, 0.15) is 23.1 Å². The number of hydrogen-bond acceptors (Lipinski definition) is 4. The molecule has 0 bridgehead atoms. The fourth-order valence-corrected chi connectivity index (χ4v) is 2.19. The SMILES string of the molecule is CCc1nnnn1-c1cc2ccccc2cc1C(=O)O. The predicted molar refractivity (Wildman–Crippen MR) is 73.0 cm³/mol. The van der Waals surface area contributed by atoms with Gasteiger partial charge in [-0.2, -0.15) is 4.68 Å². The lowest BCUT2D eigenvalue weighted by Gasteiger charge is -2.09. The maximum Gasteiger partial charge on any atom is 0.337 e. The Morgan fingerprint density at radius 1 is 1.25 bits per heavy atom. The first-order chi connectivity index (χ1) is 9.70. The monoisotopic (exact) mass is 268 g/mol. The first-order valence-corrected chi connectivity index (χ1v) is 6.24. The van der Waals surface area contributed by atoms with E-state index in [2.05, 4.69) is 15.5 Å². The fraction of sp³-hybridized carbons (Fsp3) is 0.143. The highest BCUT2D eigenvalue weighted by molar-refractivity contribution is 5.98. The lowest BCUT2D eigenvalue weighted by Crippen LogP contribution is -2.09. The molecular formula is C14H12N4O2. The van der Waals surface area contributed by atoms with E-state index in [-0.39, 0.29) is 5.56 Å². The van der Waals surface area contributed by atoms with Gasteiger partial charge in [0.25, 0.3) is 0 Å². The number of rotatable bonds is 3. The number of fused-ring (bicyclic) bond motifs is 1. The van der Waals surface area contributed by atoms with Crippen LogP contribution in [-0.4, -0.2) is 31.3 Å². The van der Waals surface area contributed by atoms with Crippen molar-refractivity contribution in [2.45, 2.75) is 13.3 Å². The van der Waals surface area contributed by atoms with Crippen LogP contribution in [0.2, 0.25) is 0 Å². The minimum atomic E-state index is -0.997. The van der Waals surface area contributed by atoms with Crippen molar-refractivity contribution in [1.82, 2.24) is 20.2 Å². The summed E-state index contributed by atoms with van der Waals surface area (Å²) >= 11 is 0. The van der Waals surface area contributed by atoms with Gasteiger partial charge in [0.05, 0.1) is 11.3 Å². The highest BCUT2D eigenvalue weighted by Crippen LogP contribution is 2.23. The van der Waals surface area contributed by atoms with Gasteiger partial charge in [-0.15, -0.1) is 5.10 Å². The molecule has 6 nitrogen and oxygen atoms in total.